The van der Waals surface area contributed by atoms with Gasteiger partial charge in [0.15, 0.2) is 12.5 Å². The van der Waals surface area contributed by atoms with Gasteiger partial charge in [-0.15, -0.1) is 11.8 Å². The first-order chi connectivity index (χ1) is 29.6. The van der Waals surface area contributed by atoms with Crippen molar-refractivity contribution >= 4 is 149 Å². The molecule has 1 unspecified atom stereocenters. The van der Waals surface area contributed by atoms with Gasteiger partial charge in [-0.25, -0.2) is 18.4 Å². The number of nitrogens with one attached hydrogen (secondary N) is 2. The van der Waals surface area contributed by atoms with Crippen LogP contribution in [0.5, 0.6) is 5.75 Å². The van der Waals surface area contributed by atoms with E-state index in [0.717, 1.165) is 54.4 Å². The van der Waals surface area contributed by atoms with Gasteiger partial charge in [-0.2, -0.15) is 0 Å². The summed E-state index contributed by atoms with van der Waals surface area (Å²) in [5, 5.41) is 3.39. The average molecular weight is 1040 g/mol. The number of amides is 1. The number of sulfonamides is 1. The second-order valence-corrected chi connectivity index (χ2v) is 20.1. The van der Waals surface area contributed by atoms with Crippen LogP contribution in [-0.2, 0) is 14.8 Å². The molecule has 5 aromatic carbocycles. The SMILES string of the molecule is CCCCCCCCN(c1ccccc1SC1C(=O)N(c2c(Cl)c(Cl)c(Cl)c(Cl)c2Cl)NC1=Nc1cc(NCOc2c(Cl)cccc2Cl)ccc1Cl)S(=O)(=O)c1ccc(C)cc1. The molecule has 1 fully saturated rings. The fourth-order valence-corrected chi connectivity index (χ4v) is 11.1. The predicted molar refractivity (Wildman–Crippen MR) is 261 cm³/mol. The lowest BCUT2D eigenvalue weighted by atomic mass is 10.1. The van der Waals surface area contributed by atoms with Gasteiger partial charge in [-0.05, 0) is 67.9 Å². The summed E-state index contributed by atoms with van der Waals surface area (Å²) in [6, 6.07) is 23.8. The molecule has 1 amide bonds. The first-order valence-corrected chi connectivity index (χ1v) is 24.6. The van der Waals surface area contributed by atoms with Gasteiger partial charge in [-0.1, -0.05) is 168 Å². The van der Waals surface area contributed by atoms with Gasteiger partial charge in [-0.3, -0.25) is 14.5 Å². The van der Waals surface area contributed by atoms with Crippen LogP contribution in [0.1, 0.15) is 51.0 Å². The molecule has 6 rings (SSSR count). The molecule has 1 heterocycles. The number of aryl methyl sites for hydroxylation is 1. The highest BCUT2D eigenvalue weighted by atomic mass is 35.5. The van der Waals surface area contributed by atoms with Crippen LogP contribution in [0.2, 0.25) is 40.2 Å². The van der Waals surface area contributed by atoms with Crippen LogP contribution in [0, 0.1) is 6.92 Å². The molecule has 1 atom stereocenters. The number of unbranched alkanes of at least 4 members (excludes halogenated alkanes) is 5. The van der Waals surface area contributed by atoms with E-state index in [-0.39, 0.29) is 65.5 Å². The van der Waals surface area contributed by atoms with Crippen LogP contribution in [0.25, 0.3) is 0 Å². The monoisotopic (exact) mass is 1030 g/mol. The summed E-state index contributed by atoms with van der Waals surface area (Å²) in [5.41, 5.74) is 5.10. The summed E-state index contributed by atoms with van der Waals surface area (Å²) in [4.78, 5) is 20.2. The highest BCUT2D eigenvalue weighted by Gasteiger charge is 2.43. The number of aliphatic imine (C=N–C) groups is 1. The standard InChI is InChI=1S/C43H39Cl8N5O4S2/c1-3-4-5-6-7-10-22-55(62(58,59)27-19-16-25(2)17-20-27)32-14-8-9-15-33(32)61-41-42(54-56(43(41)57)39-37(50)35(48)34(47)36(49)38(39)51)53-31-23-26(18-21-28(31)44)52-24-60-40-29(45)12-11-13-30(40)46/h8-9,11-21,23,41,52H,3-7,10,22,24H2,1-2H3,(H,53,54). The van der Waals surface area contributed by atoms with Gasteiger partial charge in [0.1, 0.15) is 16.8 Å². The van der Waals surface area contributed by atoms with Crippen molar-refractivity contribution in [3.05, 3.63) is 131 Å². The third-order valence-electron chi connectivity index (χ3n) is 9.63. The number of ether oxygens (including phenoxy) is 1. The third kappa shape index (κ3) is 11.1. The van der Waals surface area contributed by atoms with Crippen molar-refractivity contribution in [1.29, 1.82) is 0 Å². The molecular formula is C43H39Cl8N5O4S2. The number of thioether (sulfide) groups is 1. The molecule has 0 saturated carbocycles. The van der Waals surface area contributed by atoms with E-state index in [4.69, 9.17) is 103 Å². The van der Waals surface area contributed by atoms with E-state index < -0.39 is 21.2 Å². The van der Waals surface area contributed by atoms with Crippen LogP contribution >= 0.6 is 105 Å². The average Bonchev–Trinajstić information content (AvgIpc) is 3.54. The first kappa shape index (κ1) is 48.5. The van der Waals surface area contributed by atoms with E-state index in [1.807, 2.05) is 6.92 Å². The molecule has 62 heavy (non-hydrogen) atoms. The highest BCUT2D eigenvalue weighted by molar-refractivity contribution is 8.01. The van der Waals surface area contributed by atoms with E-state index in [9.17, 15) is 13.2 Å². The lowest BCUT2D eigenvalue weighted by Crippen LogP contribution is -2.36. The van der Waals surface area contributed by atoms with Gasteiger partial charge in [0, 0.05) is 17.1 Å². The Morgan fingerprint density at radius 3 is 2.08 bits per heavy atom. The van der Waals surface area contributed by atoms with Gasteiger partial charge >= 0.3 is 0 Å². The smallest absolute Gasteiger partial charge is 0.267 e. The molecule has 1 saturated heterocycles. The molecule has 0 radical (unpaired) electrons. The number of nitrogens with zero attached hydrogens (tertiary/aromatic N) is 3. The number of carbonyl (C=O) groups is 1. The summed E-state index contributed by atoms with van der Waals surface area (Å²) in [6.45, 7) is 4.23. The Balaban J connectivity index is 1.40. The van der Waals surface area contributed by atoms with Crippen molar-refractivity contribution in [1.82, 2.24) is 5.43 Å². The summed E-state index contributed by atoms with van der Waals surface area (Å²) in [6.07, 6.45) is 5.71. The van der Waals surface area contributed by atoms with Gasteiger partial charge in [0.25, 0.3) is 15.9 Å². The van der Waals surface area contributed by atoms with Crippen molar-refractivity contribution in [3.63, 3.8) is 0 Å². The second kappa shape index (κ2) is 21.8. The fourth-order valence-electron chi connectivity index (χ4n) is 6.39. The van der Waals surface area contributed by atoms with Crippen LogP contribution in [0.15, 0.2) is 99.7 Å². The molecule has 0 aromatic heterocycles. The number of amidine groups is 1. The number of hydrogen-bond donors (Lipinski definition) is 2. The molecule has 1 aliphatic rings. The lowest BCUT2D eigenvalue weighted by Gasteiger charge is -2.27. The number of anilines is 3. The molecular weight excluding hydrogens is 998 g/mol. The summed E-state index contributed by atoms with van der Waals surface area (Å²) in [5.74, 6) is -0.171. The maximum absolute atomic E-state index is 14.7. The van der Waals surface area contributed by atoms with Crippen LogP contribution in [0.4, 0.5) is 22.7 Å². The predicted octanol–water partition coefficient (Wildman–Crippen LogP) is 15.0. The molecule has 328 valence electrons. The van der Waals surface area contributed by atoms with Crippen molar-refractivity contribution < 1.29 is 17.9 Å². The lowest BCUT2D eigenvalue weighted by molar-refractivity contribution is -0.116. The fraction of sp³-hybridized carbons (Fsp3) is 0.256. The Kier molecular flexibility index (Phi) is 17.1. The number of carbonyl (C=O) groups excluding carboxylic acids is 1. The Morgan fingerprint density at radius 2 is 1.40 bits per heavy atom. The third-order valence-corrected chi connectivity index (χ3v) is 15.9. The van der Waals surface area contributed by atoms with Gasteiger partial charge in [0.2, 0.25) is 0 Å². The summed E-state index contributed by atoms with van der Waals surface area (Å²) >= 11 is 53.0. The van der Waals surface area contributed by atoms with Crippen molar-refractivity contribution in [2.75, 3.05) is 27.9 Å². The number of para-hydroxylation sites is 2. The van der Waals surface area contributed by atoms with Gasteiger partial charge in [0.05, 0.1) is 56.5 Å². The maximum Gasteiger partial charge on any atom is 0.267 e. The molecule has 0 aliphatic carbocycles. The summed E-state index contributed by atoms with van der Waals surface area (Å²) in [7, 11) is -4.07. The second-order valence-electron chi connectivity index (χ2n) is 14.0. The Morgan fingerprint density at radius 1 is 0.774 bits per heavy atom. The summed E-state index contributed by atoms with van der Waals surface area (Å²) < 4.78 is 36.3. The Bertz CT molecular complexity index is 2540. The topological polar surface area (TPSA) is 103 Å². The van der Waals surface area contributed by atoms with E-state index in [0.29, 0.717) is 38.5 Å². The van der Waals surface area contributed by atoms with Crippen LogP contribution in [-0.4, -0.2) is 38.7 Å². The van der Waals surface area contributed by atoms with Crippen molar-refractivity contribution in [2.45, 2.75) is 67.4 Å². The number of hydrazine groups is 1. The largest absolute Gasteiger partial charge is 0.470 e. The molecule has 2 N–H and O–H groups in total. The zero-order valence-corrected chi connectivity index (χ0v) is 40.8. The van der Waals surface area contributed by atoms with E-state index >= 15 is 0 Å². The first-order valence-electron chi connectivity index (χ1n) is 19.3. The molecule has 19 heteroatoms. The van der Waals surface area contributed by atoms with Crippen molar-refractivity contribution in [3.8, 4) is 5.75 Å². The van der Waals surface area contributed by atoms with Crippen LogP contribution in [0.3, 0.4) is 0 Å². The Hall–Kier alpha value is -2.94. The van der Waals surface area contributed by atoms with Crippen molar-refractivity contribution in [2.24, 2.45) is 4.99 Å². The Labute approximate surface area is 405 Å². The normalized spacial score (nSPS) is 14.7. The quantitative estimate of drug-likeness (QED) is 0.0390. The van der Waals surface area contributed by atoms with Crippen LogP contribution < -0.4 is 24.8 Å². The number of benzene rings is 5. The van der Waals surface area contributed by atoms with E-state index in [1.54, 1.807) is 84.9 Å². The zero-order valence-electron chi connectivity index (χ0n) is 33.1. The number of halogens is 8. The maximum atomic E-state index is 14.7. The zero-order chi connectivity index (χ0) is 44.7. The molecule has 9 nitrogen and oxygen atoms in total. The molecule has 0 bridgehead atoms. The minimum absolute atomic E-state index is 0.0172. The van der Waals surface area contributed by atoms with E-state index in [2.05, 4.69) is 17.7 Å². The highest BCUT2D eigenvalue weighted by Crippen LogP contribution is 2.50. The molecule has 0 spiro atoms. The molecule has 5 aromatic rings. The minimum Gasteiger partial charge on any atom is -0.470 e. The number of hydrogen-bond acceptors (Lipinski definition) is 7. The van der Waals surface area contributed by atoms with E-state index in [1.165, 1.54) is 4.31 Å². The van der Waals surface area contributed by atoms with Gasteiger partial charge < -0.3 is 10.1 Å². The molecule has 1 aliphatic heterocycles. The number of rotatable bonds is 18. The minimum atomic E-state index is -4.07.